The molecule has 1 atom stereocenters. The maximum Gasteiger partial charge on any atom is 0.257 e. The largest absolute Gasteiger partial charge is 0.484 e. The lowest BCUT2D eigenvalue weighted by molar-refractivity contribution is -0.123. The number of carbonyl (C=O) groups excluding carboxylic acids is 1. The van der Waals surface area contributed by atoms with Crippen molar-refractivity contribution in [1.82, 2.24) is 5.32 Å². The molecule has 1 rings (SSSR count). The highest BCUT2D eigenvalue weighted by molar-refractivity contribution is 5.77. The molecule has 0 heterocycles. The Hall–Kier alpha value is -1.55. The van der Waals surface area contributed by atoms with E-state index in [1.165, 1.54) is 5.56 Å². The number of aliphatic hydroxyl groups excluding tert-OH is 1. The first-order valence-corrected chi connectivity index (χ1v) is 6.94. The summed E-state index contributed by atoms with van der Waals surface area (Å²) in [5.41, 5.74) is 1.34. The molecule has 20 heavy (non-hydrogen) atoms. The molecule has 0 spiro atoms. The Morgan fingerprint density at radius 1 is 1.30 bits per heavy atom. The minimum atomic E-state index is -0.176. The quantitative estimate of drug-likeness (QED) is 0.838. The van der Waals surface area contributed by atoms with E-state index in [0.29, 0.717) is 12.3 Å². The van der Waals surface area contributed by atoms with Gasteiger partial charge in [-0.25, -0.2) is 0 Å². The molecular formula is C16H25NO3. The van der Waals surface area contributed by atoms with Crippen LogP contribution in [0.4, 0.5) is 0 Å². The zero-order valence-electron chi connectivity index (χ0n) is 12.8. The molecule has 0 aliphatic heterocycles. The Morgan fingerprint density at radius 3 is 2.40 bits per heavy atom. The highest BCUT2D eigenvalue weighted by atomic mass is 16.5. The summed E-state index contributed by atoms with van der Waals surface area (Å²) in [5.74, 6) is 0.568. The van der Waals surface area contributed by atoms with E-state index in [-0.39, 0.29) is 30.5 Å². The molecule has 0 fully saturated rings. The molecule has 112 valence electrons. The monoisotopic (exact) mass is 279 g/mol. The molecule has 4 nitrogen and oxygen atoms in total. The van der Waals surface area contributed by atoms with Crippen molar-refractivity contribution in [2.45, 2.75) is 33.1 Å². The molecule has 4 heteroatoms. The predicted octanol–water partition coefficient (Wildman–Crippen LogP) is 2.11. The fraction of sp³-hybridized carbons (Fsp3) is 0.562. The van der Waals surface area contributed by atoms with Crippen molar-refractivity contribution >= 4 is 5.91 Å². The molecule has 0 aromatic heterocycles. The van der Waals surface area contributed by atoms with Gasteiger partial charge >= 0.3 is 0 Å². The predicted molar refractivity (Wildman–Crippen MR) is 79.9 cm³/mol. The van der Waals surface area contributed by atoms with Crippen LogP contribution in [0.25, 0.3) is 0 Å². The molecular weight excluding hydrogens is 254 g/mol. The lowest BCUT2D eigenvalue weighted by atomic mass is 9.87. The normalized spacial score (nSPS) is 12.8. The second kappa shape index (κ2) is 7.29. The number of amides is 1. The van der Waals surface area contributed by atoms with Gasteiger partial charge in [-0.1, -0.05) is 39.8 Å². The SMILES string of the molecule is CC(CO)CNC(=O)COc1ccc(C(C)(C)C)cc1. The van der Waals surface area contributed by atoms with E-state index in [1.54, 1.807) is 0 Å². The molecule has 0 radical (unpaired) electrons. The van der Waals surface area contributed by atoms with Crippen molar-refractivity contribution in [2.75, 3.05) is 19.8 Å². The molecule has 0 saturated heterocycles. The second-order valence-corrected chi connectivity index (χ2v) is 6.15. The van der Waals surface area contributed by atoms with E-state index in [4.69, 9.17) is 9.84 Å². The highest BCUT2D eigenvalue weighted by Crippen LogP contribution is 2.24. The van der Waals surface area contributed by atoms with Gasteiger partial charge in [-0.15, -0.1) is 0 Å². The van der Waals surface area contributed by atoms with Crippen LogP contribution in [-0.4, -0.2) is 30.8 Å². The smallest absolute Gasteiger partial charge is 0.257 e. The van der Waals surface area contributed by atoms with E-state index >= 15 is 0 Å². The highest BCUT2D eigenvalue weighted by Gasteiger charge is 2.13. The number of rotatable bonds is 6. The van der Waals surface area contributed by atoms with Crippen LogP contribution >= 0.6 is 0 Å². The topological polar surface area (TPSA) is 58.6 Å². The van der Waals surface area contributed by atoms with Crippen LogP contribution in [0.15, 0.2) is 24.3 Å². The van der Waals surface area contributed by atoms with Gasteiger partial charge < -0.3 is 15.2 Å². The number of aliphatic hydroxyl groups is 1. The maximum absolute atomic E-state index is 11.5. The number of carbonyl (C=O) groups is 1. The third kappa shape index (κ3) is 5.61. The molecule has 1 aromatic rings. The van der Waals surface area contributed by atoms with Crippen molar-refractivity contribution in [3.8, 4) is 5.75 Å². The first kappa shape index (κ1) is 16.5. The van der Waals surface area contributed by atoms with Crippen LogP contribution < -0.4 is 10.1 Å². The summed E-state index contributed by atoms with van der Waals surface area (Å²) in [6, 6.07) is 7.79. The van der Waals surface area contributed by atoms with Crippen molar-refractivity contribution in [3.05, 3.63) is 29.8 Å². The lowest BCUT2D eigenvalue weighted by Gasteiger charge is -2.19. The van der Waals surface area contributed by atoms with E-state index in [1.807, 2.05) is 31.2 Å². The molecule has 2 N–H and O–H groups in total. The summed E-state index contributed by atoms with van der Waals surface area (Å²) in [4.78, 5) is 11.5. The average molecular weight is 279 g/mol. The van der Waals surface area contributed by atoms with E-state index in [0.717, 1.165) is 0 Å². The summed E-state index contributed by atoms with van der Waals surface area (Å²) in [7, 11) is 0. The van der Waals surface area contributed by atoms with Crippen LogP contribution in [0.5, 0.6) is 5.75 Å². The lowest BCUT2D eigenvalue weighted by Crippen LogP contribution is -2.33. The van der Waals surface area contributed by atoms with Gasteiger partial charge in [0.15, 0.2) is 6.61 Å². The van der Waals surface area contributed by atoms with Crippen LogP contribution in [0.1, 0.15) is 33.3 Å². The van der Waals surface area contributed by atoms with Crippen molar-refractivity contribution in [2.24, 2.45) is 5.92 Å². The minimum absolute atomic E-state index is 0.00693. The van der Waals surface area contributed by atoms with Gasteiger partial charge in [0.25, 0.3) is 5.91 Å². The third-order valence-electron chi connectivity index (χ3n) is 3.05. The Kier molecular flexibility index (Phi) is 6.02. The van der Waals surface area contributed by atoms with Crippen LogP contribution in [0.2, 0.25) is 0 Å². The first-order valence-electron chi connectivity index (χ1n) is 6.94. The van der Waals surface area contributed by atoms with Gasteiger partial charge in [0.05, 0.1) is 0 Å². The van der Waals surface area contributed by atoms with Crippen LogP contribution in [0, 0.1) is 5.92 Å². The van der Waals surface area contributed by atoms with Gasteiger partial charge in [0.1, 0.15) is 5.75 Å². The molecule has 0 aliphatic rings. The number of nitrogens with one attached hydrogen (secondary N) is 1. The van der Waals surface area contributed by atoms with Gasteiger partial charge in [0, 0.05) is 13.2 Å². The fourth-order valence-corrected chi connectivity index (χ4v) is 1.60. The standard InChI is InChI=1S/C16H25NO3/c1-12(10-18)9-17-15(19)11-20-14-7-5-13(6-8-14)16(2,3)4/h5-8,12,18H,9-11H2,1-4H3,(H,17,19). The second-order valence-electron chi connectivity index (χ2n) is 6.15. The molecule has 0 saturated carbocycles. The fourth-order valence-electron chi connectivity index (χ4n) is 1.60. The molecule has 0 aliphatic carbocycles. The van der Waals surface area contributed by atoms with Gasteiger partial charge in [-0.05, 0) is 29.0 Å². The average Bonchev–Trinajstić information content (AvgIpc) is 2.41. The summed E-state index contributed by atoms with van der Waals surface area (Å²) in [6.07, 6.45) is 0. The van der Waals surface area contributed by atoms with E-state index in [2.05, 4.69) is 26.1 Å². The summed E-state index contributed by atoms with van der Waals surface area (Å²) < 4.78 is 5.43. The third-order valence-corrected chi connectivity index (χ3v) is 3.05. The molecule has 1 amide bonds. The number of hydrogen-bond acceptors (Lipinski definition) is 3. The van der Waals surface area contributed by atoms with E-state index < -0.39 is 0 Å². The molecule has 1 unspecified atom stereocenters. The van der Waals surface area contributed by atoms with Gasteiger partial charge in [-0.2, -0.15) is 0 Å². The maximum atomic E-state index is 11.5. The van der Waals surface area contributed by atoms with E-state index in [9.17, 15) is 4.79 Å². The van der Waals surface area contributed by atoms with Crippen molar-refractivity contribution in [1.29, 1.82) is 0 Å². The summed E-state index contributed by atoms with van der Waals surface area (Å²) in [5, 5.41) is 11.6. The minimum Gasteiger partial charge on any atom is -0.484 e. The van der Waals surface area contributed by atoms with Gasteiger partial charge in [-0.3, -0.25) is 4.79 Å². The van der Waals surface area contributed by atoms with Gasteiger partial charge in [0.2, 0.25) is 0 Å². The molecule has 0 bridgehead atoms. The summed E-state index contributed by atoms with van der Waals surface area (Å²) >= 11 is 0. The van der Waals surface area contributed by atoms with Crippen LogP contribution in [0.3, 0.4) is 0 Å². The Morgan fingerprint density at radius 2 is 1.90 bits per heavy atom. The Bertz CT molecular complexity index is 420. The van der Waals surface area contributed by atoms with Crippen LogP contribution in [-0.2, 0) is 10.2 Å². The zero-order valence-corrected chi connectivity index (χ0v) is 12.8. The van der Waals surface area contributed by atoms with Crippen molar-refractivity contribution in [3.63, 3.8) is 0 Å². The first-order chi connectivity index (χ1) is 9.32. The van der Waals surface area contributed by atoms with Crippen molar-refractivity contribution < 1.29 is 14.6 Å². The Labute approximate surface area is 121 Å². The Balaban J connectivity index is 2.40. The number of benzene rings is 1. The molecule has 1 aromatic carbocycles. The number of hydrogen-bond donors (Lipinski definition) is 2. The zero-order chi connectivity index (χ0) is 15.2. The number of ether oxygens (including phenoxy) is 1. The summed E-state index contributed by atoms with van der Waals surface area (Å²) in [6.45, 7) is 8.84.